The van der Waals surface area contributed by atoms with Crippen LogP contribution in [0.3, 0.4) is 0 Å². The molecule has 1 saturated heterocycles. The number of rotatable bonds is 4. The molecule has 4 heterocycles. The van der Waals surface area contributed by atoms with Crippen molar-refractivity contribution in [1.29, 1.82) is 0 Å². The van der Waals surface area contributed by atoms with Crippen molar-refractivity contribution >= 4 is 22.9 Å². The van der Waals surface area contributed by atoms with Gasteiger partial charge < -0.3 is 24.9 Å². The van der Waals surface area contributed by atoms with Gasteiger partial charge in [0, 0.05) is 54.2 Å². The van der Waals surface area contributed by atoms with Crippen LogP contribution in [0, 0.1) is 0 Å². The summed E-state index contributed by atoms with van der Waals surface area (Å²) >= 11 is 0. The third-order valence-corrected chi connectivity index (χ3v) is 6.57. The van der Waals surface area contributed by atoms with Gasteiger partial charge in [-0.1, -0.05) is 12.1 Å². The number of anilines is 1. The van der Waals surface area contributed by atoms with Crippen LogP contribution >= 0.6 is 0 Å². The Bertz CT molecular complexity index is 1720. The maximum atomic E-state index is 14.0. The molecule has 5 rings (SSSR count). The van der Waals surface area contributed by atoms with Gasteiger partial charge in [-0.15, -0.1) is 0 Å². The molecule has 1 aromatic carbocycles. The Morgan fingerprint density at radius 3 is 2.59 bits per heavy atom. The van der Waals surface area contributed by atoms with Crippen LogP contribution in [0.1, 0.15) is 39.2 Å². The zero-order valence-electron chi connectivity index (χ0n) is 22.5. The summed E-state index contributed by atoms with van der Waals surface area (Å²) in [4.78, 5) is 53.4. The van der Waals surface area contributed by atoms with Crippen LogP contribution in [0.5, 0.6) is 0 Å². The molecule has 4 N–H and O–H groups in total. The van der Waals surface area contributed by atoms with E-state index in [0.29, 0.717) is 35.9 Å². The van der Waals surface area contributed by atoms with E-state index in [1.165, 1.54) is 12.4 Å². The summed E-state index contributed by atoms with van der Waals surface area (Å²) in [5, 5.41) is 3.53. The zero-order chi connectivity index (χ0) is 29.5. The smallest absolute Gasteiger partial charge is 0.419 e. The number of H-pyrrole nitrogens is 3. The van der Waals surface area contributed by atoms with Crippen LogP contribution < -0.4 is 16.6 Å². The monoisotopic (exact) mass is 571 g/mol. The Morgan fingerprint density at radius 2 is 1.88 bits per heavy atom. The Morgan fingerprint density at radius 1 is 1.12 bits per heavy atom. The number of hydrogen-bond donors (Lipinski definition) is 4. The van der Waals surface area contributed by atoms with E-state index in [-0.39, 0.29) is 35.4 Å². The number of ether oxygens (including phenoxy) is 1. The highest BCUT2D eigenvalue weighted by molar-refractivity contribution is 5.97. The number of fused-ring (bicyclic) bond motifs is 1. The summed E-state index contributed by atoms with van der Waals surface area (Å²) in [6.07, 6.45) is -0.416. The molecule has 3 aromatic heterocycles. The quantitative estimate of drug-likeness (QED) is 0.282. The summed E-state index contributed by atoms with van der Waals surface area (Å²) in [5.41, 5.74) is -1.93. The van der Waals surface area contributed by atoms with Gasteiger partial charge in [0.05, 0.1) is 11.3 Å². The predicted molar refractivity (Wildman–Crippen MR) is 145 cm³/mol. The van der Waals surface area contributed by atoms with Crippen molar-refractivity contribution in [2.75, 3.05) is 18.4 Å². The number of nitrogens with zero attached hydrogens (tertiary/aromatic N) is 3. The number of aromatic nitrogens is 5. The van der Waals surface area contributed by atoms with E-state index in [4.69, 9.17) is 4.74 Å². The summed E-state index contributed by atoms with van der Waals surface area (Å²) in [6.45, 7) is 6.12. The molecule has 11 nitrogen and oxygen atoms in total. The first kappa shape index (κ1) is 27.9. The van der Waals surface area contributed by atoms with Gasteiger partial charge in [-0.2, -0.15) is 13.2 Å². The molecule has 14 heteroatoms. The van der Waals surface area contributed by atoms with Crippen molar-refractivity contribution in [2.24, 2.45) is 0 Å². The van der Waals surface area contributed by atoms with Crippen molar-refractivity contribution in [2.45, 2.75) is 51.4 Å². The molecule has 1 aliphatic rings. The van der Waals surface area contributed by atoms with Gasteiger partial charge in [0.25, 0.3) is 5.56 Å². The SMILES string of the molecule is CC(C)(C)OC(=O)N1CCC[C@H](Nc2ncc(C(F)(F)F)c(-c3c[nH]c4cc(-c5c[nH]c(=O)[nH]c5=O)ccc34)n2)C1. The van der Waals surface area contributed by atoms with Gasteiger partial charge >= 0.3 is 18.0 Å². The van der Waals surface area contributed by atoms with Crippen LogP contribution in [-0.4, -0.2) is 60.6 Å². The lowest BCUT2D eigenvalue weighted by Gasteiger charge is -2.34. The van der Waals surface area contributed by atoms with Gasteiger partial charge in [-0.05, 0) is 45.2 Å². The standard InChI is InChI=1S/C27H28F3N7O4/c1-26(2,3)41-25(40)37-8-4-5-15(13-37)34-23-32-12-19(27(28,29)30)21(35-23)18-11-31-20-9-14(6-7-16(18)20)17-10-33-24(39)36-22(17)38/h6-7,9-12,15,31H,4-5,8,13H2,1-3H3,(H,32,34,35)(H2,33,36,38,39)/t15-/m0/s1. The van der Waals surface area contributed by atoms with Gasteiger partial charge in [-0.25, -0.2) is 19.6 Å². The van der Waals surface area contributed by atoms with E-state index in [9.17, 15) is 27.6 Å². The largest absolute Gasteiger partial charge is 0.444 e. The molecule has 0 bridgehead atoms. The second-order valence-corrected chi connectivity index (χ2v) is 10.8. The second-order valence-electron chi connectivity index (χ2n) is 10.8. The number of benzene rings is 1. The first-order chi connectivity index (χ1) is 19.3. The fraction of sp³-hybridized carbons (Fsp3) is 0.370. The number of nitrogens with one attached hydrogen (secondary N) is 4. The Hall–Kier alpha value is -4.62. The van der Waals surface area contributed by atoms with Gasteiger partial charge in [0.15, 0.2) is 0 Å². The minimum absolute atomic E-state index is 0.00483. The minimum atomic E-state index is -4.72. The molecule has 1 fully saturated rings. The molecule has 1 aliphatic heterocycles. The maximum Gasteiger partial charge on any atom is 0.419 e. The summed E-state index contributed by atoms with van der Waals surface area (Å²) in [6, 6.07) is 4.46. The highest BCUT2D eigenvalue weighted by Crippen LogP contribution is 2.39. The first-order valence-corrected chi connectivity index (χ1v) is 12.9. The van der Waals surface area contributed by atoms with Crippen molar-refractivity contribution in [3.05, 3.63) is 63.2 Å². The summed E-state index contributed by atoms with van der Waals surface area (Å²) in [7, 11) is 0. The number of alkyl halides is 3. The average Bonchev–Trinajstić information content (AvgIpc) is 3.30. The van der Waals surface area contributed by atoms with Crippen LogP contribution in [0.2, 0.25) is 0 Å². The number of likely N-dealkylation sites (tertiary alicyclic amines) is 1. The topological polar surface area (TPSA) is 149 Å². The molecule has 1 amide bonds. The molecular weight excluding hydrogens is 543 g/mol. The average molecular weight is 572 g/mol. The number of halogens is 3. The lowest BCUT2D eigenvalue weighted by molar-refractivity contribution is -0.137. The molecule has 216 valence electrons. The highest BCUT2D eigenvalue weighted by atomic mass is 19.4. The van der Waals surface area contributed by atoms with E-state index in [1.54, 1.807) is 43.9 Å². The lowest BCUT2D eigenvalue weighted by atomic mass is 10.0. The third-order valence-electron chi connectivity index (χ3n) is 6.57. The summed E-state index contributed by atoms with van der Waals surface area (Å²) < 4.78 is 47.5. The number of hydrogen-bond acceptors (Lipinski definition) is 7. The van der Waals surface area contributed by atoms with Gasteiger partial charge in [-0.3, -0.25) is 9.78 Å². The normalized spacial score (nSPS) is 16.1. The molecule has 0 unspecified atom stereocenters. The molecule has 0 spiro atoms. The van der Waals surface area contributed by atoms with Gasteiger partial charge in [0.1, 0.15) is 11.2 Å². The number of piperidine rings is 1. The van der Waals surface area contributed by atoms with Crippen LogP contribution in [0.15, 0.2) is 46.4 Å². The van der Waals surface area contributed by atoms with E-state index in [0.717, 1.165) is 6.20 Å². The van der Waals surface area contributed by atoms with Crippen molar-refractivity contribution < 1.29 is 22.7 Å². The number of carbonyl (C=O) groups is 1. The van der Waals surface area contributed by atoms with E-state index < -0.39 is 34.7 Å². The molecule has 1 atom stereocenters. The van der Waals surface area contributed by atoms with Crippen LogP contribution in [0.25, 0.3) is 33.3 Å². The van der Waals surface area contributed by atoms with Crippen molar-refractivity contribution in [3.63, 3.8) is 0 Å². The Balaban J connectivity index is 1.46. The Labute approximate surface area is 231 Å². The number of carbonyl (C=O) groups excluding carboxylic acids is 1. The number of amides is 1. The second kappa shape index (κ2) is 10.4. The highest BCUT2D eigenvalue weighted by Gasteiger charge is 2.36. The van der Waals surface area contributed by atoms with E-state index in [2.05, 4.69) is 30.2 Å². The summed E-state index contributed by atoms with van der Waals surface area (Å²) in [5.74, 6) is -0.00483. The van der Waals surface area contributed by atoms with Crippen LogP contribution in [-0.2, 0) is 10.9 Å². The Kier molecular flexibility index (Phi) is 7.09. The van der Waals surface area contributed by atoms with Crippen molar-refractivity contribution in [1.82, 2.24) is 29.8 Å². The minimum Gasteiger partial charge on any atom is -0.444 e. The lowest BCUT2D eigenvalue weighted by Crippen LogP contribution is -2.47. The maximum absolute atomic E-state index is 14.0. The molecule has 0 radical (unpaired) electrons. The zero-order valence-corrected chi connectivity index (χ0v) is 22.5. The van der Waals surface area contributed by atoms with Crippen LogP contribution in [0.4, 0.5) is 23.9 Å². The first-order valence-electron chi connectivity index (χ1n) is 12.9. The molecule has 41 heavy (non-hydrogen) atoms. The van der Waals surface area contributed by atoms with E-state index in [1.807, 2.05) is 0 Å². The molecule has 4 aromatic rings. The molecule has 0 saturated carbocycles. The third kappa shape index (κ3) is 6.10. The molecule has 0 aliphatic carbocycles. The number of aromatic amines is 3. The predicted octanol–water partition coefficient (Wildman–Crippen LogP) is 4.50. The van der Waals surface area contributed by atoms with Crippen molar-refractivity contribution in [3.8, 4) is 22.4 Å². The van der Waals surface area contributed by atoms with E-state index >= 15 is 0 Å². The fourth-order valence-electron chi connectivity index (χ4n) is 4.75. The fourth-order valence-corrected chi connectivity index (χ4v) is 4.75. The molecular formula is C27H28F3N7O4. The van der Waals surface area contributed by atoms with Gasteiger partial charge in [0.2, 0.25) is 5.95 Å².